The topological polar surface area (TPSA) is 90.0 Å². The number of hydrogen-bond donors (Lipinski definition) is 1. The van der Waals surface area contributed by atoms with Gasteiger partial charge in [-0.05, 0) is 35.6 Å². The Labute approximate surface area is 201 Å². The third kappa shape index (κ3) is 5.16. The predicted molar refractivity (Wildman–Crippen MR) is 130 cm³/mol. The molecule has 182 valence electrons. The molecule has 0 radical (unpaired) electrons. The van der Waals surface area contributed by atoms with Crippen LogP contribution in [-0.2, 0) is 21.2 Å². The molecule has 0 saturated carbocycles. The summed E-state index contributed by atoms with van der Waals surface area (Å²) in [6, 6.07) is 15.8. The van der Waals surface area contributed by atoms with Crippen LogP contribution in [0.25, 0.3) is 0 Å². The molecule has 2 aliphatic heterocycles. The fourth-order valence-electron chi connectivity index (χ4n) is 4.36. The smallest absolute Gasteiger partial charge is 0.325 e. The van der Waals surface area contributed by atoms with Gasteiger partial charge >= 0.3 is 6.03 Å². The summed E-state index contributed by atoms with van der Waals surface area (Å²) < 4.78 is 27.7. The minimum Gasteiger partial charge on any atom is -0.325 e. The van der Waals surface area contributed by atoms with Crippen molar-refractivity contribution < 1.29 is 18.0 Å². The molecule has 0 unspecified atom stereocenters. The van der Waals surface area contributed by atoms with Gasteiger partial charge in [-0.25, -0.2) is 18.1 Å². The van der Waals surface area contributed by atoms with Gasteiger partial charge in [0.25, 0.3) is 5.91 Å². The van der Waals surface area contributed by atoms with Crippen LogP contribution in [0.2, 0.25) is 0 Å². The highest BCUT2D eigenvalue weighted by Crippen LogP contribution is 2.23. The van der Waals surface area contributed by atoms with Crippen LogP contribution in [0.3, 0.4) is 0 Å². The molecule has 4 rings (SSSR count). The van der Waals surface area contributed by atoms with Crippen LogP contribution in [0.15, 0.2) is 59.5 Å². The molecule has 34 heavy (non-hydrogen) atoms. The van der Waals surface area contributed by atoms with E-state index in [0.717, 1.165) is 17.5 Å². The lowest BCUT2D eigenvalue weighted by Crippen LogP contribution is -2.52. The standard InChI is InChI=1S/C25H32N4O4S/c1-3-19(2)21-9-11-22(12-10-21)34(32,33)28-15-13-27(14-16-28)18-29-24(30)23(26-25(29)31)17-20-7-5-4-6-8-20/h4-12,19,23H,3,13-18H2,1-2H3,(H,26,31)/t19-,23+/m0/s1. The number of imide groups is 1. The molecule has 2 heterocycles. The maximum Gasteiger partial charge on any atom is 0.325 e. The molecule has 9 heteroatoms. The number of hydrogen-bond acceptors (Lipinski definition) is 5. The van der Waals surface area contributed by atoms with Crippen molar-refractivity contribution in [2.45, 2.75) is 43.5 Å². The van der Waals surface area contributed by atoms with E-state index in [2.05, 4.69) is 19.2 Å². The fourth-order valence-corrected chi connectivity index (χ4v) is 5.79. The van der Waals surface area contributed by atoms with Gasteiger partial charge < -0.3 is 5.32 Å². The van der Waals surface area contributed by atoms with Gasteiger partial charge in [-0.15, -0.1) is 0 Å². The van der Waals surface area contributed by atoms with Crippen LogP contribution in [0.4, 0.5) is 4.79 Å². The van der Waals surface area contributed by atoms with Crippen molar-refractivity contribution in [2.75, 3.05) is 32.8 Å². The molecule has 2 atom stereocenters. The summed E-state index contributed by atoms with van der Waals surface area (Å²) in [4.78, 5) is 28.7. The predicted octanol–water partition coefficient (Wildman–Crippen LogP) is 2.63. The molecular formula is C25H32N4O4S. The first kappa shape index (κ1) is 24.4. The Bertz CT molecular complexity index is 1110. The number of piperazine rings is 1. The van der Waals surface area contributed by atoms with E-state index in [9.17, 15) is 18.0 Å². The van der Waals surface area contributed by atoms with Gasteiger partial charge in [-0.3, -0.25) is 9.69 Å². The molecule has 1 N–H and O–H groups in total. The van der Waals surface area contributed by atoms with E-state index in [1.807, 2.05) is 47.4 Å². The van der Waals surface area contributed by atoms with Gasteiger partial charge in [0.1, 0.15) is 6.04 Å². The zero-order valence-electron chi connectivity index (χ0n) is 19.7. The summed E-state index contributed by atoms with van der Waals surface area (Å²) in [7, 11) is -3.58. The maximum absolute atomic E-state index is 13.1. The van der Waals surface area contributed by atoms with Crippen molar-refractivity contribution in [3.63, 3.8) is 0 Å². The van der Waals surface area contributed by atoms with Crippen molar-refractivity contribution in [1.29, 1.82) is 0 Å². The van der Waals surface area contributed by atoms with Crippen LogP contribution >= 0.6 is 0 Å². The first-order valence-electron chi connectivity index (χ1n) is 11.8. The summed E-state index contributed by atoms with van der Waals surface area (Å²) in [5.41, 5.74) is 2.12. The molecule has 0 bridgehead atoms. The Morgan fingerprint density at radius 3 is 2.24 bits per heavy atom. The lowest BCUT2D eigenvalue weighted by Gasteiger charge is -2.35. The third-order valence-electron chi connectivity index (χ3n) is 6.76. The number of carbonyl (C=O) groups excluding carboxylic acids is 2. The molecular weight excluding hydrogens is 452 g/mol. The first-order valence-corrected chi connectivity index (χ1v) is 13.2. The van der Waals surface area contributed by atoms with Crippen molar-refractivity contribution in [1.82, 2.24) is 19.4 Å². The monoisotopic (exact) mass is 484 g/mol. The molecule has 2 aliphatic rings. The number of urea groups is 1. The second kappa shape index (κ2) is 10.2. The van der Waals surface area contributed by atoms with Crippen molar-refractivity contribution in [2.24, 2.45) is 0 Å². The molecule has 2 saturated heterocycles. The van der Waals surface area contributed by atoms with Gasteiger partial charge in [0.2, 0.25) is 10.0 Å². The summed E-state index contributed by atoms with van der Waals surface area (Å²) in [6.07, 6.45) is 1.45. The number of carbonyl (C=O) groups is 2. The normalized spacial score (nSPS) is 21.0. The Morgan fingerprint density at radius 1 is 0.971 bits per heavy atom. The highest BCUT2D eigenvalue weighted by Gasteiger charge is 2.39. The van der Waals surface area contributed by atoms with E-state index in [0.29, 0.717) is 43.4 Å². The Morgan fingerprint density at radius 2 is 1.62 bits per heavy atom. The lowest BCUT2D eigenvalue weighted by atomic mass is 9.99. The van der Waals surface area contributed by atoms with Crippen LogP contribution in [-0.4, -0.2) is 73.4 Å². The van der Waals surface area contributed by atoms with E-state index in [1.165, 1.54) is 9.21 Å². The fraction of sp³-hybridized carbons (Fsp3) is 0.440. The second-order valence-electron chi connectivity index (χ2n) is 9.00. The summed E-state index contributed by atoms with van der Waals surface area (Å²) >= 11 is 0. The van der Waals surface area contributed by atoms with E-state index in [4.69, 9.17) is 0 Å². The number of rotatable bonds is 8. The lowest BCUT2D eigenvalue weighted by molar-refractivity contribution is -0.129. The minimum atomic E-state index is -3.58. The Hall–Kier alpha value is -2.75. The average Bonchev–Trinajstić information content (AvgIpc) is 3.11. The Balaban J connectivity index is 1.33. The minimum absolute atomic E-state index is 0.160. The summed E-state index contributed by atoms with van der Waals surface area (Å²) in [6.45, 7) is 5.91. The van der Waals surface area contributed by atoms with E-state index >= 15 is 0 Å². The maximum atomic E-state index is 13.1. The van der Waals surface area contributed by atoms with Gasteiger partial charge in [0.05, 0.1) is 11.6 Å². The summed E-state index contributed by atoms with van der Waals surface area (Å²) in [5.74, 6) is 0.142. The molecule has 0 aromatic heterocycles. The van der Waals surface area contributed by atoms with Crippen LogP contribution < -0.4 is 5.32 Å². The average molecular weight is 485 g/mol. The molecule has 2 aromatic carbocycles. The number of benzene rings is 2. The van der Waals surface area contributed by atoms with E-state index in [1.54, 1.807) is 12.1 Å². The highest BCUT2D eigenvalue weighted by atomic mass is 32.2. The van der Waals surface area contributed by atoms with Gasteiger partial charge in [-0.1, -0.05) is 56.3 Å². The number of amides is 3. The van der Waals surface area contributed by atoms with Gasteiger partial charge in [0, 0.05) is 32.6 Å². The Kier molecular flexibility index (Phi) is 7.35. The molecule has 2 aromatic rings. The van der Waals surface area contributed by atoms with Gasteiger partial charge in [-0.2, -0.15) is 4.31 Å². The second-order valence-corrected chi connectivity index (χ2v) is 10.9. The van der Waals surface area contributed by atoms with E-state index < -0.39 is 22.1 Å². The van der Waals surface area contributed by atoms with Crippen LogP contribution in [0, 0.1) is 0 Å². The number of nitrogens with one attached hydrogen (secondary N) is 1. The van der Waals surface area contributed by atoms with Crippen molar-refractivity contribution >= 4 is 22.0 Å². The third-order valence-corrected chi connectivity index (χ3v) is 8.67. The quantitative estimate of drug-likeness (QED) is 0.582. The summed E-state index contributed by atoms with van der Waals surface area (Å²) in [5, 5.41) is 2.77. The van der Waals surface area contributed by atoms with Crippen LogP contribution in [0.1, 0.15) is 37.3 Å². The molecule has 8 nitrogen and oxygen atoms in total. The first-order chi connectivity index (χ1) is 16.3. The molecule has 0 aliphatic carbocycles. The SMILES string of the molecule is CC[C@H](C)c1ccc(S(=O)(=O)N2CCN(CN3C(=O)N[C@H](Cc4ccccc4)C3=O)CC2)cc1. The molecule has 2 fully saturated rings. The van der Waals surface area contributed by atoms with Crippen molar-refractivity contribution in [3.8, 4) is 0 Å². The van der Waals surface area contributed by atoms with Gasteiger partial charge in [0.15, 0.2) is 0 Å². The zero-order chi connectivity index (χ0) is 24.3. The zero-order valence-corrected chi connectivity index (χ0v) is 20.5. The molecule has 0 spiro atoms. The largest absolute Gasteiger partial charge is 0.325 e. The molecule has 3 amide bonds. The van der Waals surface area contributed by atoms with Crippen molar-refractivity contribution in [3.05, 3.63) is 65.7 Å². The number of nitrogens with zero attached hydrogens (tertiary/aromatic N) is 3. The highest BCUT2D eigenvalue weighted by molar-refractivity contribution is 7.89. The van der Waals surface area contributed by atoms with E-state index in [-0.39, 0.29) is 12.6 Å². The number of sulfonamides is 1. The van der Waals surface area contributed by atoms with Crippen LogP contribution in [0.5, 0.6) is 0 Å².